The molecule has 7 heteroatoms. The first-order valence-corrected chi connectivity index (χ1v) is 10.3. The van der Waals surface area contributed by atoms with Crippen LogP contribution in [-0.2, 0) is 9.59 Å². The Hall–Kier alpha value is -2.67. The molecule has 0 radical (unpaired) electrons. The summed E-state index contributed by atoms with van der Waals surface area (Å²) in [5.41, 5.74) is 2.63. The number of aryl methyl sites for hydroxylation is 1. The second kappa shape index (κ2) is 8.78. The number of nitrogens with zero attached hydrogens (tertiary/aromatic N) is 1. The number of halogens is 1. The first-order valence-electron chi connectivity index (χ1n) is 9.51. The van der Waals surface area contributed by atoms with Gasteiger partial charge in [0.05, 0.1) is 5.69 Å². The van der Waals surface area contributed by atoms with Crippen LogP contribution in [0.3, 0.4) is 0 Å². The quantitative estimate of drug-likeness (QED) is 0.646. The van der Waals surface area contributed by atoms with Crippen molar-refractivity contribution >= 4 is 44.9 Å². The van der Waals surface area contributed by atoms with Gasteiger partial charge < -0.3 is 10.1 Å². The number of Topliss-reactive ketones (excluding diaryl/α,β-unsaturated/α-hetero) is 1. The van der Waals surface area contributed by atoms with Crippen molar-refractivity contribution in [2.45, 2.75) is 39.7 Å². The molecule has 152 valence electrons. The third-order valence-corrected chi connectivity index (χ3v) is 5.58. The lowest BCUT2D eigenvalue weighted by atomic mass is 10.0. The van der Waals surface area contributed by atoms with Crippen LogP contribution in [0.5, 0.6) is 5.75 Å². The highest BCUT2D eigenvalue weighted by Crippen LogP contribution is 2.35. The van der Waals surface area contributed by atoms with Crippen molar-refractivity contribution in [3.05, 3.63) is 52.0 Å². The standard InChI is InChI=1S/C22H23BrN2O4/c1-4-5-19(26)15-7-9-20-18(10-15)25(22(28)14(3)29-20)12-21(27)24-16-8-6-13(2)17(23)11-16/h6-11,14H,4-5,12H2,1-3H3,(H,24,27). The molecule has 1 aliphatic rings. The van der Waals surface area contributed by atoms with E-state index >= 15 is 0 Å². The topological polar surface area (TPSA) is 75.7 Å². The Labute approximate surface area is 178 Å². The van der Waals surface area contributed by atoms with E-state index in [-0.39, 0.29) is 24.1 Å². The number of carbonyl (C=O) groups excluding carboxylic acids is 3. The van der Waals surface area contributed by atoms with Crippen molar-refractivity contribution < 1.29 is 19.1 Å². The normalized spacial score (nSPS) is 15.5. The van der Waals surface area contributed by atoms with E-state index in [4.69, 9.17) is 4.74 Å². The van der Waals surface area contributed by atoms with Gasteiger partial charge in [-0.05, 0) is 56.2 Å². The molecule has 0 saturated heterocycles. The molecule has 1 atom stereocenters. The SMILES string of the molecule is CCCC(=O)c1ccc2c(c1)N(CC(=O)Nc1ccc(C)c(Br)c1)C(=O)C(C)O2. The fraction of sp³-hybridized carbons (Fsp3) is 0.318. The minimum atomic E-state index is -0.707. The minimum Gasteiger partial charge on any atom is -0.479 e. The summed E-state index contributed by atoms with van der Waals surface area (Å²) >= 11 is 3.44. The zero-order valence-electron chi connectivity index (χ0n) is 16.6. The Kier molecular flexibility index (Phi) is 6.37. The molecule has 29 heavy (non-hydrogen) atoms. The van der Waals surface area contributed by atoms with Crippen LogP contribution in [0.1, 0.15) is 42.6 Å². The van der Waals surface area contributed by atoms with E-state index in [0.29, 0.717) is 29.1 Å². The Morgan fingerprint density at radius 3 is 2.66 bits per heavy atom. The van der Waals surface area contributed by atoms with Gasteiger partial charge >= 0.3 is 0 Å². The maximum absolute atomic E-state index is 12.7. The number of rotatable bonds is 6. The van der Waals surface area contributed by atoms with Crippen molar-refractivity contribution in [1.82, 2.24) is 0 Å². The highest BCUT2D eigenvalue weighted by Gasteiger charge is 2.33. The summed E-state index contributed by atoms with van der Waals surface area (Å²) in [6, 6.07) is 10.5. The van der Waals surface area contributed by atoms with Gasteiger partial charge in [-0.25, -0.2) is 0 Å². The van der Waals surface area contributed by atoms with E-state index in [1.807, 2.05) is 26.0 Å². The highest BCUT2D eigenvalue weighted by molar-refractivity contribution is 9.10. The van der Waals surface area contributed by atoms with E-state index in [1.54, 1.807) is 31.2 Å². The van der Waals surface area contributed by atoms with Crippen LogP contribution in [0.2, 0.25) is 0 Å². The molecule has 0 saturated carbocycles. The summed E-state index contributed by atoms with van der Waals surface area (Å²) < 4.78 is 6.54. The van der Waals surface area contributed by atoms with Gasteiger partial charge in [-0.1, -0.05) is 28.9 Å². The molecule has 0 fully saturated rings. The predicted molar refractivity (Wildman–Crippen MR) is 116 cm³/mol. The first-order chi connectivity index (χ1) is 13.8. The van der Waals surface area contributed by atoms with Crippen LogP contribution < -0.4 is 15.0 Å². The number of ether oxygens (including phenoxy) is 1. The maximum Gasteiger partial charge on any atom is 0.268 e. The lowest BCUT2D eigenvalue weighted by Gasteiger charge is -2.32. The smallest absolute Gasteiger partial charge is 0.268 e. The maximum atomic E-state index is 12.7. The molecule has 6 nitrogen and oxygen atoms in total. The summed E-state index contributed by atoms with van der Waals surface area (Å²) in [5, 5.41) is 2.81. The fourth-order valence-corrected chi connectivity index (χ4v) is 3.51. The lowest BCUT2D eigenvalue weighted by molar-refractivity contribution is -0.127. The van der Waals surface area contributed by atoms with Crippen molar-refractivity contribution in [2.24, 2.45) is 0 Å². The highest BCUT2D eigenvalue weighted by atomic mass is 79.9. The number of anilines is 2. The number of benzene rings is 2. The first kappa shape index (κ1) is 21.0. The summed E-state index contributed by atoms with van der Waals surface area (Å²) in [5.74, 6) is -0.177. The third kappa shape index (κ3) is 4.67. The van der Waals surface area contributed by atoms with Gasteiger partial charge in [0.1, 0.15) is 12.3 Å². The second-order valence-corrected chi connectivity index (χ2v) is 7.91. The molecule has 2 aromatic carbocycles. The van der Waals surface area contributed by atoms with E-state index in [1.165, 1.54) is 4.90 Å². The molecular formula is C22H23BrN2O4. The number of carbonyl (C=O) groups is 3. The summed E-state index contributed by atoms with van der Waals surface area (Å²) in [6.45, 7) is 5.36. The summed E-state index contributed by atoms with van der Waals surface area (Å²) in [6.07, 6.45) is 0.453. The lowest BCUT2D eigenvalue weighted by Crippen LogP contribution is -2.47. The number of amides is 2. The molecule has 1 aliphatic heterocycles. The molecule has 0 aromatic heterocycles. The predicted octanol–water partition coefficient (Wildman–Crippen LogP) is 4.49. The second-order valence-electron chi connectivity index (χ2n) is 7.05. The Morgan fingerprint density at radius 2 is 1.97 bits per heavy atom. The molecule has 1 heterocycles. The van der Waals surface area contributed by atoms with Gasteiger partial charge in [0.25, 0.3) is 5.91 Å². The van der Waals surface area contributed by atoms with Gasteiger partial charge in [-0.15, -0.1) is 0 Å². The van der Waals surface area contributed by atoms with Crippen molar-refractivity contribution in [3.8, 4) is 5.75 Å². The Balaban J connectivity index is 1.85. The van der Waals surface area contributed by atoms with Crippen LogP contribution in [-0.4, -0.2) is 30.2 Å². The molecule has 1 N–H and O–H groups in total. The van der Waals surface area contributed by atoms with Crippen molar-refractivity contribution in [1.29, 1.82) is 0 Å². The average Bonchev–Trinajstić information content (AvgIpc) is 2.68. The van der Waals surface area contributed by atoms with Crippen molar-refractivity contribution in [3.63, 3.8) is 0 Å². The van der Waals surface area contributed by atoms with Gasteiger partial charge in [0.2, 0.25) is 5.91 Å². The van der Waals surface area contributed by atoms with Crippen LogP contribution in [0.4, 0.5) is 11.4 Å². The fourth-order valence-electron chi connectivity index (χ4n) is 3.13. The summed E-state index contributed by atoms with van der Waals surface area (Å²) in [4.78, 5) is 39.0. The minimum absolute atomic E-state index is 0.00437. The number of fused-ring (bicyclic) bond motifs is 1. The molecule has 1 unspecified atom stereocenters. The van der Waals surface area contributed by atoms with E-state index in [9.17, 15) is 14.4 Å². The molecule has 0 spiro atoms. The van der Waals surface area contributed by atoms with Crippen LogP contribution in [0.25, 0.3) is 0 Å². The van der Waals surface area contributed by atoms with Crippen LogP contribution in [0.15, 0.2) is 40.9 Å². The molecule has 3 rings (SSSR count). The molecule has 0 bridgehead atoms. The average molecular weight is 459 g/mol. The molecule has 2 amide bonds. The number of nitrogens with one attached hydrogen (secondary N) is 1. The van der Waals surface area contributed by atoms with E-state index in [2.05, 4.69) is 21.2 Å². The van der Waals surface area contributed by atoms with Crippen LogP contribution in [0, 0.1) is 6.92 Å². The van der Waals surface area contributed by atoms with Gasteiger partial charge in [0.15, 0.2) is 11.9 Å². The Bertz CT molecular complexity index is 973. The molecule has 2 aromatic rings. The molecule has 0 aliphatic carbocycles. The number of ketones is 1. The van der Waals surface area contributed by atoms with Gasteiger partial charge in [-0.3, -0.25) is 19.3 Å². The summed E-state index contributed by atoms with van der Waals surface area (Å²) in [7, 11) is 0. The van der Waals surface area contributed by atoms with E-state index < -0.39 is 6.10 Å². The van der Waals surface area contributed by atoms with Crippen molar-refractivity contribution in [2.75, 3.05) is 16.8 Å². The van der Waals surface area contributed by atoms with Crippen LogP contribution >= 0.6 is 15.9 Å². The Morgan fingerprint density at radius 1 is 1.21 bits per heavy atom. The van der Waals surface area contributed by atoms with Gasteiger partial charge in [0, 0.05) is 22.1 Å². The largest absolute Gasteiger partial charge is 0.479 e. The zero-order valence-corrected chi connectivity index (χ0v) is 18.2. The van der Waals surface area contributed by atoms with E-state index in [0.717, 1.165) is 16.5 Å². The van der Waals surface area contributed by atoms with Gasteiger partial charge in [-0.2, -0.15) is 0 Å². The number of hydrogen-bond donors (Lipinski definition) is 1. The number of hydrogen-bond acceptors (Lipinski definition) is 4. The zero-order chi connectivity index (χ0) is 21.1. The molecular weight excluding hydrogens is 436 g/mol. The monoisotopic (exact) mass is 458 g/mol. The third-order valence-electron chi connectivity index (χ3n) is 4.72.